The van der Waals surface area contributed by atoms with Crippen molar-refractivity contribution in [2.75, 3.05) is 11.9 Å². The molecule has 0 radical (unpaired) electrons. The average Bonchev–Trinajstić information content (AvgIpc) is 2.98. The summed E-state index contributed by atoms with van der Waals surface area (Å²) < 4.78 is 11.3. The molecule has 0 bridgehead atoms. The lowest BCUT2D eigenvalue weighted by atomic mass is 10.0. The first-order valence-corrected chi connectivity index (χ1v) is 9.16. The Morgan fingerprint density at radius 2 is 2.04 bits per heavy atom. The Bertz CT molecular complexity index is 938. The molecule has 0 unspecified atom stereocenters. The predicted octanol–water partition coefficient (Wildman–Crippen LogP) is 3.18. The summed E-state index contributed by atoms with van der Waals surface area (Å²) in [5.41, 5.74) is 3.13. The van der Waals surface area contributed by atoms with Crippen LogP contribution in [0.4, 0.5) is 5.82 Å². The average molecular weight is 365 g/mol. The highest BCUT2D eigenvalue weighted by Crippen LogP contribution is 2.31. The first-order valence-electron chi connectivity index (χ1n) is 9.16. The van der Waals surface area contributed by atoms with Crippen LogP contribution in [-0.2, 0) is 26.0 Å². The van der Waals surface area contributed by atoms with Crippen molar-refractivity contribution < 1.29 is 9.26 Å². The zero-order valence-corrected chi connectivity index (χ0v) is 15.8. The van der Waals surface area contributed by atoms with Crippen LogP contribution in [0, 0.1) is 5.92 Å². The summed E-state index contributed by atoms with van der Waals surface area (Å²) in [5.74, 6) is 3.59. The first kappa shape index (κ1) is 17.5. The molecule has 0 N–H and O–H groups in total. The van der Waals surface area contributed by atoms with Gasteiger partial charge in [0.25, 0.3) is 0 Å². The SMILES string of the molecule is CC(C)Cc1nc(CN(C)c2ncnc3c2Cc2ccccc2OC3)no1. The number of benzene rings is 1. The molecule has 0 spiro atoms. The number of ether oxygens (including phenoxy) is 1. The highest BCUT2D eigenvalue weighted by molar-refractivity contribution is 5.53. The first-order chi connectivity index (χ1) is 13.1. The lowest BCUT2D eigenvalue weighted by molar-refractivity contribution is 0.302. The van der Waals surface area contributed by atoms with Gasteiger partial charge < -0.3 is 14.2 Å². The molecule has 3 aromatic rings. The van der Waals surface area contributed by atoms with Crippen molar-refractivity contribution in [3.8, 4) is 5.75 Å². The molecular formula is C20H23N5O2. The normalized spacial score (nSPS) is 12.9. The van der Waals surface area contributed by atoms with Gasteiger partial charge in [-0.2, -0.15) is 4.98 Å². The number of nitrogens with zero attached hydrogens (tertiary/aromatic N) is 5. The molecule has 2 aromatic heterocycles. The van der Waals surface area contributed by atoms with Gasteiger partial charge in [0.05, 0.1) is 12.2 Å². The predicted molar refractivity (Wildman–Crippen MR) is 101 cm³/mol. The second-order valence-electron chi connectivity index (χ2n) is 7.25. The lowest BCUT2D eigenvalue weighted by Crippen LogP contribution is -2.21. The molecule has 0 aliphatic carbocycles. The molecule has 0 amide bonds. The Hall–Kier alpha value is -2.96. The zero-order chi connectivity index (χ0) is 18.8. The second-order valence-corrected chi connectivity index (χ2v) is 7.25. The fraction of sp³-hybridized carbons (Fsp3) is 0.400. The summed E-state index contributed by atoms with van der Waals surface area (Å²) in [7, 11) is 1.98. The van der Waals surface area contributed by atoms with Crippen LogP contribution in [0.3, 0.4) is 0 Å². The van der Waals surface area contributed by atoms with Gasteiger partial charge in [0.1, 0.15) is 24.5 Å². The molecule has 4 rings (SSSR count). The van der Waals surface area contributed by atoms with Crippen LogP contribution in [0.1, 0.15) is 42.4 Å². The largest absolute Gasteiger partial charge is 0.487 e. The highest BCUT2D eigenvalue weighted by atomic mass is 16.5. The maximum absolute atomic E-state index is 5.92. The summed E-state index contributed by atoms with van der Waals surface area (Å²) in [5, 5.41) is 4.11. The van der Waals surface area contributed by atoms with Crippen molar-refractivity contribution in [2.45, 2.75) is 39.8 Å². The fourth-order valence-corrected chi connectivity index (χ4v) is 3.27. The lowest BCUT2D eigenvalue weighted by Gasteiger charge is -2.20. The molecule has 27 heavy (non-hydrogen) atoms. The molecule has 3 heterocycles. The molecule has 1 aromatic carbocycles. The molecule has 1 aliphatic heterocycles. The van der Waals surface area contributed by atoms with Gasteiger partial charge in [0.15, 0.2) is 5.82 Å². The van der Waals surface area contributed by atoms with Gasteiger partial charge in [-0.3, -0.25) is 0 Å². The Morgan fingerprint density at radius 3 is 2.89 bits per heavy atom. The Labute approximate surface area is 158 Å². The van der Waals surface area contributed by atoms with Crippen molar-refractivity contribution >= 4 is 5.82 Å². The van der Waals surface area contributed by atoms with Gasteiger partial charge in [-0.25, -0.2) is 9.97 Å². The van der Waals surface area contributed by atoms with E-state index in [4.69, 9.17) is 9.26 Å². The molecule has 140 valence electrons. The minimum Gasteiger partial charge on any atom is -0.487 e. The molecular weight excluding hydrogens is 342 g/mol. The highest BCUT2D eigenvalue weighted by Gasteiger charge is 2.21. The summed E-state index contributed by atoms with van der Waals surface area (Å²) in [6.45, 7) is 5.22. The van der Waals surface area contributed by atoms with Gasteiger partial charge in [0, 0.05) is 25.5 Å². The summed E-state index contributed by atoms with van der Waals surface area (Å²) in [6, 6.07) is 8.08. The summed E-state index contributed by atoms with van der Waals surface area (Å²) in [4.78, 5) is 15.5. The smallest absolute Gasteiger partial charge is 0.226 e. The molecule has 7 heteroatoms. The van der Waals surface area contributed by atoms with Gasteiger partial charge in [-0.15, -0.1) is 0 Å². The van der Waals surface area contributed by atoms with Crippen LogP contribution in [0.15, 0.2) is 35.1 Å². The third kappa shape index (κ3) is 3.77. The Balaban J connectivity index is 1.59. The van der Waals surface area contributed by atoms with Crippen LogP contribution in [0.2, 0.25) is 0 Å². The standard InChI is InChI=1S/C20H23N5O2/c1-13(2)8-19-23-18(24-27-19)10-25(3)20-15-9-14-6-4-5-7-17(14)26-11-16(15)21-12-22-20/h4-7,12-13H,8-11H2,1-3H3. The monoisotopic (exact) mass is 365 g/mol. The molecule has 7 nitrogen and oxygen atoms in total. The van der Waals surface area contributed by atoms with Gasteiger partial charge in [0.2, 0.25) is 5.89 Å². The number of hydrogen-bond donors (Lipinski definition) is 0. The van der Waals surface area contributed by atoms with Crippen molar-refractivity contribution in [1.82, 2.24) is 20.1 Å². The van der Waals surface area contributed by atoms with Crippen molar-refractivity contribution in [2.24, 2.45) is 5.92 Å². The van der Waals surface area contributed by atoms with E-state index in [0.29, 0.717) is 30.8 Å². The topological polar surface area (TPSA) is 77.2 Å². The van der Waals surface area contributed by atoms with Crippen LogP contribution in [-0.4, -0.2) is 27.2 Å². The van der Waals surface area contributed by atoms with Crippen LogP contribution in [0.25, 0.3) is 0 Å². The van der Waals surface area contributed by atoms with E-state index in [1.807, 2.05) is 30.1 Å². The summed E-state index contributed by atoms with van der Waals surface area (Å²) in [6.07, 6.45) is 3.11. The van der Waals surface area contributed by atoms with E-state index >= 15 is 0 Å². The van der Waals surface area contributed by atoms with Crippen LogP contribution in [0.5, 0.6) is 5.75 Å². The van der Waals surface area contributed by atoms with Crippen LogP contribution < -0.4 is 9.64 Å². The minimum absolute atomic E-state index is 0.441. The molecule has 0 fully saturated rings. The second kappa shape index (κ2) is 7.34. The molecule has 0 saturated heterocycles. The number of aromatic nitrogens is 4. The quantitative estimate of drug-likeness (QED) is 0.687. The number of fused-ring (bicyclic) bond motifs is 2. The van der Waals surface area contributed by atoms with Gasteiger partial charge in [-0.05, 0) is 17.5 Å². The van der Waals surface area contributed by atoms with Crippen molar-refractivity contribution in [3.05, 3.63) is 59.1 Å². The number of rotatable bonds is 5. The van der Waals surface area contributed by atoms with E-state index in [1.165, 1.54) is 0 Å². The zero-order valence-electron chi connectivity index (χ0n) is 15.8. The fourth-order valence-electron chi connectivity index (χ4n) is 3.27. The van der Waals surface area contributed by atoms with Crippen LogP contribution >= 0.6 is 0 Å². The molecule has 0 saturated carbocycles. The minimum atomic E-state index is 0.441. The maximum atomic E-state index is 5.92. The number of para-hydroxylation sites is 1. The van der Waals surface area contributed by atoms with E-state index in [1.54, 1.807) is 6.33 Å². The van der Waals surface area contributed by atoms with Crippen molar-refractivity contribution in [3.63, 3.8) is 0 Å². The van der Waals surface area contributed by atoms with E-state index in [-0.39, 0.29) is 0 Å². The summed E-state index contributed by atoms with van der Waals surface area (Å²) >= 11 is 0. The Morgan fingerprint density at radius 1 is 1.19 bits per heavy atom. The van der Waals surface area contributed by atoms with Gasteiger partial charge in [-0.1, -0.05) is 37.2 Å². The van der Waals surface area contributed by atoms with E-state index in [0.717, 1.165) is 41.2 Å². The maximum Gasteiger partial charge on any atom is 0.226 e. The van der Waals surface area contributed by atoms with E-state index < -0.39 is 0 Å². The number of hydrogen-bond acceptors (Lipinski definition) is 7. The van der Waals surface area contributed by atoms with Crippen molar-refractivity contribution in [1.29, 1.82) is 0 Å². The third-order valence-corrected chi connectivity index (χ3v) is 4.55. The molecule has 0 atom stereocenters. The third-order valence-electron chi connectivity index (χ3n) is 4.55. The van der Waals surface area contributed by atoms with Gasteiger partial charge >= 0.3 is 0 Å². The van der Waals surface area contributed by atoms with E-state index in [9.17, 15) is 0 Å². The van der Waals surface area contributed by atoms with E-state index in [2.05, 4.69) is 40.0 Å². The number of anilines is 1. The molecule has 1 aliphatic rings. The Kier molecular flexibility index (Phi) is 4.75.